The van der Waals surface area contributed by atoms with Crippen molar-refractivity contribution in [3.05, 3.63) is 36.4 Å². The minimum absolute atomic E-state index is 0. The summed E-state index contributed by atoms with van der Waals surface area (Å²) in [6, 6.07) is 7.58. The van der Waals surface area contributed by atoms with Crippen LogP contribution >= 0.6 is 24.0 Å². The fourth-order valence-electron chi connectivity index (χ4n) is 2.07. The summed E-state index contributed by atoms with van der Waals surface area (Å²) in [7, 11) is 5.25. The molecule has 0 saturated heterocycles. The van der Waals surface area contributed by atoms with Crippen LogP contribution in [0.5, 0.6) is 11.5 Å². The minimum atomic E-state index is -0.0605. The smallest absolute Gasteiger partial charge is 0.191 e. The Morgan fingerprint density at radius 3 is 2.60 bits per heavy atom. The van der Waals surface area contributed by atoms with Crippen molar-refractivity contribution in [1.29, 1.82) is 0 Å². The third-order valence-electron chi connectivity index (χ3n) is 3.40. The Bertz CT molecular complexity index is 676. The first-order chi connectivity index (χ1) is 11.6. The number of methoxy groups -OCH3 is 1. The molecular weight excluding hydrogens is 435 g/mol. The van der Waals surface area contributed by atoms with Crippen molar-refractivity contribution in [2.24, 2.45) is 12.0 Å². The maximum absolute atomic E-state index is 5.90. The Kier molecular flexibility index (Phi) is 9.03. The first kappa shape index (κ1) is 21.0. The number of nitrogens with one attached hydrogen (secondary N) is 2. The van der Waals surface area contributed by atoms with Crippen molar-refractivity contribution < 1.29 is 9.47 Å². The number of aryl methyl sites for hydroxylation is 1. The van der Waals surface area contributed by atoms with Gasteiger partial charge in [0.2, 0.25) is 0 Å². The van der Waals surface area contributed by atoms with Crippen LogP contribution in [-0.4, -0.2) is 47.5 Å². The molecule has 1 aromatic carbocycles. The van der Waals surface area contributed by atoms with Crippen LogP contribution < -0.4 is 20.1 Å². The summed E-state index contributed by atoms with van der Waals surface area (Å²) in [5.74, 6) is 2.94. The summed E-state index contributed by atoms with van der Waals surface area (Å²) in [5.41, 5.74) is 0. The quantitative estimate of drug-likeness (QED) is 0.371. The van der Waals surface area contributed by atoms with Gasteiger partial charge in [-0.05, 0) is 19.1 Å². The maximum Gasteiger partial charge on any atom is 0.191 e. The lowest BCUT2D eigenvalue weighted by Crippen LogP contribution is -2.41. The monoisotopic (exact) mass is 460 g/mol. The standard InChI is InChI=1S/C16H24N6O2.HI/c1-12(24-14-8-6-5-7-13(14)23-4)9-18-16(17-2)19-10-15-21-20-11-22(15)3;/h5-8,11-12H,9-10H2,1-4H3,(H2,17,18,19);1H. The fourth-order valence-corrected chi connectivity index (χ4v) is 2.07. The molecular formula is C16H25IN6O2. The summed E-state index contributed by atoms with van der Waals surface area (Å²) >= 11 is 0. The minimum Gasteiger partial charge on any atom is -0.493 e. The molecule has 2 N–H and O–H groups in total. The lowest BCUT2D eigenvalue weighted by atomic mass is 10.3. The summed E-state index contributed by atoms with van der Waals surface area (Å²) in [6.07, 6.45) is 1.60. The van der Waals surface area contributed by atoms with Crippen LogP contribution in [0.25, 0.3) is 0 Å². The number of ether oxygens (including phenoxy) is 2. The first-order valence-electron chi connectivity index (χ1n) is 7.71. The van der Waals surface area contributed by atoms with E-state index < -0.39 is 0 Å². The van der Waals surface area contributed by atoms with Gasteiger partial charge in [-0.25, -0.2) is 0 Å². The van der Waals surface area contributed by atoms with Gasteiger partial charge in [0.15, 0.2) is 23.3 Å². The Hall–Kier alpha value is -2.04. The Labute approximate surface area is 165 Å². The molecule has 0 radical (unpaired) electrons. The molecule has 1 heterocycles. The molecule has 0 spiro atoms. The van der Waals surface area contributed by atoms with E-state index in [1.807, 2.05) is 42.8 Å². The number of hydrogen-bond acceptors (Lipinski definition) is 5. The predicted molar refractivity (Wildman–Crippen MR) is 108 cm³/mol. The average Bonchev–Trinajstić information content (AvgIpc) is 3.00. The largest absolute Gasteiger partial charge is 0.493 e. The highest BCUT2D eigenvalue weighted by Crippen LogP contribution is 2.26. The van der Waals surface area contributed by atoms with Gasteiger partial charge >= 0.3 is 0 Å². The van der Waals surface area contributed by atoms with Gasteiger partial charge in [-0.1, -0.05) is 12.1 Å². The Morgan fingerprint density at radius 2 is 2.00 bits per heavy atom. The number of para-hydroxylation sites is 2. The Balaban J connectivity index is 0.00000312. The van der Waals surface area contributed by atoms with Gasteiger partial charge in [0.25, 0.3) is 0 Å². The van der Waals surface area contributed by atoms with Crippen molar-refractivity contribution in [3.63, 3.8) is 0 Å². The van der Waals surface area contributed by atoms with Gasteiger partial charge in [0.1, 0.15) is 12.4 Å². The normalized spacial score (nSPS) is 12.1. The van der Waals surface area contributed by atoms with Gasteiger partial charge in [0, 0.05) is 14.1 Å². The van der Waals surface area contributed by atoms with Crippen LogP contribution in [0.15, 0.2) is 35.6 Å². The highest BCUT2D eigenvalue weighted by Gasteiger charge is 2.09. The molecule has 9 heteroatoms. The number of rotatable bonds is 7. The third-order valence-corrected chi connectivity index (χ3v) is 3.40. The van der Waals surface area contributed by atoms with E-state index in [4.69, 9.17) is 9.47 Å². The van der Waals surface area contributed by atoms with Crippen LogP contribution in [-0.2, 0) is 13.6 Å². The highest BCUT2D eigenvalue weighted by atomic mass is 127. The summed E-state index contributed by atoms with van der Waals surface area (Å²) in [6.45, 7) is 3.11. The van der Waals surface area contributed by atoms with Gasteiger partial charge in [-0.15, -0.1) is 34.2 Å². The summed E-state index contributed by atoms with van der Waals surface area (Å²) in [5, 5.41) is 14.3. The second-order valence-electron chi connectivity index (χ2n) is 5.24. The lowest BCUT2D eigenvalue weighted by molar-refractivity contribution is 0.213. The Morgan fingerprint density at radius 1 is 1.28 bits per heavy atom. The van der Waals surface area contributed by atoms with Crippen molar-refractivity contribution in [1.82, 2.24) is 25.4 Å². The third kappa shape index (κ3) is 6.40. The van der Waals surface area contributed by atoms with Gasteiger partial charge < -0.3 is 24.7 Å². The second kappa shape index (κ2) is 10.7. The molecule has 25 heavy (non-hydrogen) atoms. The van der Waals surface area contributed by atoms with Crippen LogP contribution in [0, 0.1) is 0 Å². The number of guanidine groups is 1. The lowest BCUT2D eigenvalue weighted by Gasteiger charge is -2.19. The fraction of sp³-hybridized carbons (Fsp3) is 0.438. The van der Waals surface area contributed by atoms with E-state index in [9.17, 15) is 0 Å². The van der Waals surface area contributed by atoms with E-state index in [1.165, 1.54) is 0 Å². The molecule has 0 aliphatic rings. The first-order valence-corrected chi connectivity index (χ1v) is 7.71. The van der Waals surface area contributed by atoms with Crippen LogP contribution in [0.2, 0.25) is 0 Å². The number of aromatic nitrogens is 3. The molecule has 2 rings (SSSR count). The molecule has 8 nitrogen and oxygen atoms in total. The SMILES string of the molecule is CN=C(NCc1nncn1C)NCC(C)Oc1ccccc1OC.I. The zero-order valence-corrected chi connectivity index (χ0v) is 17.2. The number of benzene rings is 1. The van der Waals surface area contributed by atoms with E-state index in [-0.39, 0.29) is 30.1 Å². The van der Waals surface area contributed by atoms with Gasteiger partial charge in [0.05, 0.1) is 20.2 Å². The van der Waals surface area contributed by atoms with Crippen molar-refractivity contribution in [2.45, 2.75) is 19.6 Å². The number of hydrogen-bond donors (Lipinski definition) is 2. The molecule has 1 atom stereocenters. The zero-order valence-electron chi connectivity index (χ0n) is 14.9. The van der Waals surface area contributed by atoms with E-state index >= 15 is 0 Å². The number of aliphatic imine (C=N–C) groups is 1. The second-order valence-corrected chi connectivity index (χ2v) is 5.24. The predicted octanol–water partition coefficient (Wildman–Crippen LogP) is 1.57. The molecule has 0 amide bonds. The van der Waals surface area contributed by atoms with E-state index in [0.717, 1.165) is 11.6 Å². The van der Waals surface area contributed by atoms with Crippen molar-refractivity contribution >= 4 is 29.9 Å². The van der Waals surface area contributed by atoms with E-state index in [2.05, 4.69) is 25.8 Å². The topological polar surface area (TPSA) is 85.6 Å². The van der Waals surface area contributed by atoms with Crippen molar-refractivity contribution in [3.8, 4) is 11.5 Å². The van der Waals surface area contributed by atoms with E-state index in [1.54, 1.807) is 20.5 Å². The average molecular weight is 460 g/mol. The molecule has 2 aromatic rings. The molecule has 0 aliphatic carbocycles. The number of halogens is 1. The highest BCUT2D eigenvalue weighted by molar-refractivity contribution is 14.0. The molecule has 138 valence electrons. The van der Waals surface area contributed by atoms with Crippen molar-refractivity contribution in [2.75, 3.05) is 20.7 Å². The van der Waals surface area contributed by atoms with Gasteiger partial charge in [-0.3, -0.25) is 4.99 Å². The molecule has 0 fully saturated rings. The van der Waals surface area contributed by atoms with Gasteiger partial charge in [-0.2, -0.15) is 0 Å². The maximum atomic E-state index is 5.90. The molecule has 0 bridgehead atoms. The molecule has 1 aromatic heterocycles. The van der Waals surface area contributed by atoms with Crippen LogP contribution in [0.1, 0.15) is 12.7 Å². The summed E-state index contributed by atoms with van der Waals surface area (Å²) in [4.78, 5) is 4.19. The zero-order chi connectivity index (χ0) is 17.4. The van der Waals surface area contributed by atoms with Crippen LogP contribution in [0.3, 0.4) is 0 Å². The van der Waals surface area contributed by atoms with Crippen LogP contribution in [0.4, 0.5) is 0 Å². The molecule has 0 saturated carbocycles. The van der Waals surface area contributed by atoms with E-state index in [0.29, 0.717) is 24.8 Å². The molecule has 0 aliphatic heterocycles. The number of nitrogens with zero attached hydrogens (tertiary/aromatic N) is 4. The molecule has 1 unspecified atom stereocenters. The summed E-state index contributed by atoms with van der Waals surface area (Å²) < 4.78 is 13.0.